The van der Waals surface area contributed by atoms with Gasteiger partial charge in [0.25, 0.3) is 17.5 Å². The van der Waals surface area contributed by atoms with Gasteiger partial charge in [-0.25, -0.2) is 4.79 Å². The molecule has 0 N–H and O–H groups in total. The first-order valence-corrected chi connectivity index (χ1v) is 8.96. The minimum atomic E-state index is -0.762. The van der Waals surface area contributed by atoms with E-state index < -0.39 is 41.2 Å². The van der Waals surface area contributed by atoms with Gasteiger partial charge >= 0.3 is 5.97 Å². The van der Waals surface area contributed by atoms with Crippen molar-refractivity contribution >= 4 is 29.4 Å². The minimum absolute atomic E-state index is 0.0176. The summed E-state index contributed by atoms with van der Waals surface area (Å²) in [6.07, 6.45) is 1.93. The van der Waals surface area contributed by atoms with Crippen LogP contribution in [0.3, 0.4) is 0 Å². The first-order chi connectivity index (χ1) is 13.3. The normalized spacial score (nSPS) is 18.8. The summed E-state index contributed by atoms with van der Waals surface area (Å²) in [7, 11) is 0. The number of carbonyl (C=O) groups excluding carboxylic acids is 4. The Hall–Kier alpha value is -3.30. The topological polar surface area (TPSA) is 127 Å². The van der Waals surface area contributed by atoms with Crippen LogP contribution < -0.4 is 0 Å². The minimum Gasteiger partial charge on any atom is -0.464 e. The van der Waals surface area contributed by atoms with Crippen molar-refractivity contribution in [1.82, 2.24) is 9.80 Å². The Labute approximate surface area is 160 Å². The molecule has 3 amide bonds. The van der Waals surface area contributed by atoms with Gasteiger partial charge in [-0.2, -0.15) is 0 Å². The van der Waals surface area contributed by atoms with Crippen molar-refractivity contribution in [2.45, 2.75) is 32.2 Å². The second-order valence-electron chi connectivity index (χ2n) is 6.53. The number of nitro groups is 1. The smallest absolute Gasteiger partial charge is 0.328 e. The number of benzene rings is 1. The van der Waals surface area contributed by atoms with Gasteiger partial charge in [0.15, 0.2) is 0 Å². The Balaban J connectivity index is 1.78. The molecular weight excluding hydrogens is 370 g/mol. The van der Waals surface area contributed by atoms with E-state index in [0.29, 0.717) is 19.4 Å². The highest BCUT2D eigenvalue weighted by Crippen LogP contribution is 2.27. The van der Waals surface area contributed by atoms with Gasteiger partial charge in [-0.15, -0.1) is 0 Å². The SMILES string of the molecule is CCOC(=O)[C@@H]1CCCCN1C(=O)CN1C(=O)c2ccc([N+](=O)[O-])cc2C1=O. The van der Waals surface area contributed by atoms with Crippen molar-refractivity contribution in [1.29, 1.82) is 0 Å². The van der Waals surface area contributed by atoms with Crippen molar-refractivity contribution < 1.29 is 28.8 Å². The first-order valence-electron chi connectivity index (χ1n) is 8.96. The summed E-state index contributed by atoms with van der Waals surface area (Å²) < 4.78 is 5.02. The summed E-state index contributed by atoms with van der Waals surface area (Å²) in [6.45, 7) is 1.66. The highest BCUT2D eigenvalue weighted by atomic mass is 16.6. The second kappa shape index (κ2) is 7.75. The maximum atomic E-state index is 12.8. The molecule has 0 bridgehead atoms. The van der Waals surface area contributed by atoms with Gasteiger partial charge in [-0.1, -0.05) is 0 Å². The lowest BCUT2D eigenvalue weighted by Gasteiger charge is -2.34. The first kappa shape index (κ1) is 19.5. The highest BCUT2D eigenvalue weighted by Gasteiger charge is 2.40. The number of hydrogen-bond acceptors (Lipinski definition) is 7. The average molecular weight is 389 g/mol. The summed E-state index contributed by atoms with van der Waals surface area (Å²) in [4.78, 5) is 62.3. The van der Waals surface area contributed by atoms with E-state index in [1.807, 2.05) is 0 Å². The fraction of sp³-hybridized carbons (Fsp3) is 0.444. The van der Waals surface area contributed by atoms with E-state index in [2.05, 4.69) is 0 Å². The maximum absolute atomic E-state index is 12.8. The predicted octanol–water partition coefficient (Wildman–Crippen LogP) is 1.13. The van der Waals surface area contributed by atoms with Crippen molar-refractivity contribution in [2.24, 2.45) is 0 Å². The van der Waals surface area contributed by atoms with Crippen molar-refractivity contribution in [3.8, 4) is 0 Å². The molecule has 1 atom stereocenters. The quantitative estimate of drug-likeness (QED) is 0.320. The van der Waals surface area contributed by atoms with Crippen LogP contribution in [0.5, 0.6) is 0 Å². The molecule has 148 valence electrons. The Morgan fingerprint density at radius 1 is 1.21 bits per heavy atom. The highest BCUT2D eigenvalue weighted by molar-refractivity contribution is 6.22. The van der Waals surface area contributed by atoms with E-state index in [1.54, 1.807) is 6.92 Å². The number of carbonyl (C=O) groups is 4. The zero-order valence-corrected chi connectivity index (χ0v) is 15.3. The molecule has 10 nitrogen and oxygen atoms in total. The summed E-state index contributed by atoms with van der Waals surface area (Å²) in [5, 5.41) is 10.9. The molecule has 10 heteroatoms. The van der Waals surface area contributed by atoms with Crippen LogP contribution in [0.25, 0.3) is 0 Å². The number of esters is 1. The molecule has 0 aromatic heterocycles. The van der Waals surface area contributed by atoms with Gasteiger partial charge in [0, 0.05) is 18.7 Å². The number of nitro benzene ring substituents is 1. The molecule has 0 unspecified atom stereocenters. The van der Waals surface area contributed by atoms with Crippen molar-refractivity contribution in [3.63, 3.8) is 0 Å². The molecule has 28 heavy (non-hydrogen) atoms. The third-order valence-corrected chi connectivity index (χ3v) is 4.84. The zero-order chi connectivity index (χ0) is 20.4. The summed E-state index contributed by atoms with van der Waals surface area (Å²) >= 11 is 0. The van der Waals surface area contributed by atoms with Crippen LogP contribution in [0, 0.1) is 10.1 Å². The number of rotatable bonds is 5. The number of nitrogens with zero attached hydrogens (tertiary/aromatic N) is 3. The van der Waals surface area contributed by atoms with Gasteiger partial charge in [0.2, 0.25) is 5.91 Å². The summed E-state index contributed by atoms with van der Waals surface area (Å²) in [5.41, 5.74) is -0.400. The zero-order valence-electron chi connectivity index (χ0n) is 15.3. The average Bonchev–Trinajstić information content (AvgIpc) is 2.92. The Morgan fingerprint density at radius 2 is 1.93 bits per heavy atom. The van der Waals surface area contributed by atoms with Crippen LogP contribution in [0.2, 0.25) is 0 Å². The molecule has 0 aliphatic carbocycles. The number of ether oxygens (including phenoxy) is 1. The van der Waals surface area contributed by atoms with Gasteiger partial charge in [-0.3, -0.25) is 29.4 Å². The molecular formula is C18H19N3O7. The van der Waals surface area contributed by atoms with Gasteiger partial charge in [0.1, 0.15) is 12.6 Å². The summed E-state index contributed by atoms with van der Waals surface area (Å²) in [6, 6.07) is 2.64. The third-order valence-electron chi connectivity index (χ3n) is 4.84. The largest absolute Gasteiger partial charge is 0.464 e. The molecule has 2 aliphatic rings. The number of imide groups is 1. The molecule has 0 saturated carbocycles. The predicted molar refractivity (Wildman–Crippen MR) is 94.4 cm³/mol. The van der Waals surface area contributed by atoms with E-state index in [9.17, 15) is 29.3 Å². The van der Waals surface area contributed by atoms with Gasteiger partial charge in [-0.05, 0) is 32.3 Å². The van der Waals surface area contributed by atoms with Crippen LogP contribution in [-0.4, -0.2) is 64.2 Å². The standard InChI is InChI=1S/C18H19N3O7/c1-2-28-18(25)14-5-3-4-8-19(14)15(22)10-20-16(23)12-7-6-11(21(26)27)9-13(12)17(20)24/h6-7,9,14H,2-5,8,10H2,1H3/t14-/m0/s1. The van der Waals surface area contributed by atoms with Crippen LogP contribution in [-0.2, 0) is 14.3 Å². The van der Waals surface area contributed by atoms with Gasteiger partial charge in [0.05, 0.1) is 22.7 Å². The number of hydrogen-bond donors (Lipinski definition) is 0. The van der Waals surface area contributed by atoms with Gasteiger partial charge < -0.3 is 9.64 Å². The molecule has 0 spiro atoms. The monoisotopic (exact) mass is 389 g/mol. The van der Waals surface area contributed by atoms with Crippen LogP contribution >= 0.6 is 0 Å². The Kier molecular flexibility index (Phi) is 5.39. The maximum Gasteiger partial charge on any atom is 0.328 e. The molecule has 0 radical (unpaired) electrons. The van der Waals surface area contributed by atoms with E-state index in [1.165, 1.54) is 11.0 Å². The lowest BCUT2D eigenvalue weighted by molar-refractivity contribution is -0.384. The molecule has 1 fully saturated rings. The van der Waals surface area contributed by atoms with Crippen LogP contribution in [0.15, 0.2) is 18.2 Å². The fourth-order valence-electron chi connectivity index (χ4n) is 3.48. The van der Waals surface area contributed by atoms with E-state index in [4.69, 9.17) is 4.74 Å². The molecule has 1 saturated heterocycles. The van der Waals surface area contributed by atoms with E-state index in [-0.39, 0.29) is 23.4 Å². The third kappa shape index (κ3) is 3.45. The van der Waals surface area contributed by atoms with E-state index >= 15 is 0 Å². The van der Waals surface area contributed by atoms with Crippen molar-refractivity contribution in [3.05, 3.63) is 39.4 Å². The molecule has 1 aromatic carbocycles. The number of amides is 3. The summed E-state index contributed by atoms with van der Waals surface area (Å²) in [5.74, 6) is -2.50. The number of likely N-dealkylation sites (tertiary alicyclic amines) is 1. The number of fused-ring (bicyclic) bond motifs is 1. The lowest BCUT2D eigenvalue weighted by atomic mass is 10.0. The Morgan fingerprint density at radius 3 is 2.61 bits per heavy atom. The van der Waals surface area contributed by atoms with Crippen LogP contribution in [0.1, 0.15) is 46.9 Å². The molecule has 2 aliphatic heterocycles. The second-order valence-corrected chi connectivity index (χ2v) is 6.53. The number of piperidine rings is 1. The van der Waals surface area contributed by atoms with E-state index in [0.717, 1.165) is 23.5 Å². The fourth-order valence-corrected chi connectivity index (χ4v) is 3.48. The lowest BCUT2D eigenvalue weighted by Crippen LogP contribution is -2.52. The molecule has 2 heterocycles. The van der Waals surface area contributed by atoms with Crippen molar-refractivity contribution in [2.75, 3.05) is 19.7 Å². The Bertz CT molecular complexity index is 867. The molecule has 3 rings (SSSR count). The van der Waals surface area contributed by atoms with Crippen LogP contribution in [0.4, 0.5) is 5.69 Å². The number of non-ortho nitro benzene ring substituents is 1. The molecule has 1 aromatic rings.